The molecule has 312 valence electrons. The Bertz CT molecular complexity index is 2050. The lowest BCUT2D eigenvalue weighted by atomic mass is 9.85. The maximum atomic E-state index is 14.7. The molecular formula is C42H55N7O9. The van der Waals surface area contributed by atoms with Crippen LogP contribution in [-0.4, -0.2) is 111 Å². The van der Waals surface area contributed by atoms with Crippen LogP contribution in [0.15, 0.2) is 49.2 Å². The van der Waals surface area contributed by atoms with Gasteiger partial charge < -0.3 is 44.9 Å². The van der Waals surface area contributed by atoms with Crippen LogP contribution in [0.3, 0.4) is 0 Å². The predicted octanol–water partition coefficient (Wildman–Crippen LogP) is 4.70. The van der Waals surface area contributed by atoms with Gasteiger partial charge in [-0.05, 0) is 68.9 Å². The highest BCUT2D eigenvalue weighted by Crippen LogP contribution is 2.52. The number of carbonyl (C=O) groups is 4. The molecule has 4 N–H and O–H groups in total. The first kappa shape index (κ1) is 40.8. The van der Waals surface area contributed by atoms with E-state index in [0.29, 0.717) is 59.1 Å². The second kappa shape index (κ2) is 16.1. The van der Waals surface area contributed by atoms with E-state index in [1.165, 1.54) is 17.4 Å². The van der Waals surface area contributed by atoms with Crippen LogP contribution in [0.1, 0.15) is 66.7 Å². The van der Waals surface area contributed by atoms with Crippen LogP contribution in [0.4, 0.5) is 10.6 Å². The molecular weight excluding hydrogens is 747 g/mol. The molecule has 16 nitrogen and oxygen atoms in total. The van der Waals surface area contributed by atoms with Crippen molar-refractivity contribution >= 4 is 40.6 Å². The quantitative estimate of drug-likeness (QED) is 0.115. The largest absolute Gasteiger partial charge is 0.491 e. The summed E-state index contributed by atoms with van der Waals surface area (Å²) in [4.78, 5) is 60.8. The Morgan fingerprint density at radius 2 is 1.81 bits per heavy atom. The second-order valence-corrected chi connectivity index (χ2v) is 17.4. The number of carboxylic acids is 1. The van der Waals surface area contributed by atoms with Crippen molar-refractivity contribution in [2.24, 2.45) is 23.2 Å². The first-order chi connectivity index (χ1) is 27.6. The number of alkyl carbamates (subject to hydrolysis) is 1. The topological polar surface area (TPSA) is 195 Å². The molecule has 3 aromatic rings. The standard InChI is InChI=1S/C42H55N7O9/c1-8-26-21-42(26,39(52)53)46-37(50)32-19-29(22-48(32)38(51)36(41(4,5)6)45-40(54)58-28-16-24-15-25(24)17-28)57-33-20-35(49-12-11-34(47-49)43-23(2)3)44-31-18-27(9-10-30(31)33)56-14-13-55-7/h8-12,18,20,23-26,28-29,32,36H,1,13-17,19,21-22H2,2-7H3,(H,43,47)(H,45,54)(H,46,50)(H,52,53)/t24-,25+,26-,28?,29-,32+,36?,42-/m1/s1. The van der Waals surface area contributed by atoms with E-state index in [0.717, 1.165) is 12.8 Å². The summed E-state index contributed by atoms with van der Waals surface area (Å²) in [5.74, 6) is 0.536. The predicted molar refractivity (Wildman–Crippen MR) is 214 cm³/mol. The molecule has 1 aliphatic heterocycles. The highest BCUT2D eigenvalue weighted by molar-refractivity contribution is 5.96. The first-order valence-electron chi connectivity index (χ1n) is 20.1. The number of fused-ring (bicyclic) bond motifs is 2. The lowest BCUT2D eigenvalue weighted by Gasteiger charge is -2.35. The number of aromatic nitrogens is 3. The van der Waals surface area contributed by atoms with E-state index < -0.39 is 58.9 Å². The smallest absolute Gasteiger partial charge is 0.408 e. The van der Waals surface area contributed by atoms with Crippen molar-refractivity contribution < 1.29 is 43.2 Å². The van der Waals surface area contributed by atoms with E-state index in [4.69, 9.17) is 23.9 Å². The van der Waals surface area contributed by atoms with Gasteiger partial charge in [-0.1, -0.05) is 26.8 Å². The van der Waals surface area contributed by atoms with E-state index in [9.17, 15) is 24.3 Å². The molecule has 3 heterocycles. The Labute approximate surface area is 338 Å². The number of aliphatic carboxylic acids is 1. The minimum atomic E-state index is -1.52. The van der Waals surface area contributed by atoms with Gasteiger partial charge in [-0.2, -0.15) is 0 Å². The first-order valence-corrected chi connectivity index (χ1v) is 20.1. The summed E-state index contributed by atoms with van der Waals surface area (Å²) in [6, 6.07) is 6.98. The summed E-state index contributed by atoms with van der Waals surface area (Å²) in [6.45, 7) is 14.0. The summed E-state index contributed by atoms with van der Waals surface area (Å²) in [5.41, 5.74) is -1.75. The fourth-order valence-electron chi connectivity index (χ4n) is 8.28. The molecule has 0 radical (unpaired) electrons. The van der Waals surface area contributed by atoms with Crippen molar-refractivity contribution in [2.75, 3.05) is 32.2 Å². The number of likely N-dealkylation sites (tertiary alicyclic amines) is 1. The Morgan fingerprint density at radius 1 is 1.05 bits per heavy atom. The number of anilines is 1. The number of amides is 3. The second-order valence-electron chi connectivity index (χ2n) is 17.4. The Morgan fingerprint density at radius 3 is 2.47 bits per heavy atom. The number of nitrogens with one attached hydrogen (secondary N) is 3. The van der Waals surface area contributed by atoms with Gasteiger partial charge in [0.05, 0.1) is 18.7 Å². The van der Waals surface area contributed by atoms with E-state index in [1.54, 1.807) is 36.2 Å². The normalized spacial score (nSPS) is 26.4. The molecule has 0 spiro atoms. The van der Waals surface area contributed by atoms with E-state index in [2.05, 4.69) is 27.6 Å². The van der Waals surface area contributed by atoms with Crippen LogP contribution in [-0.2, 0) is 23.9 Å². The third kappa shape index (κ3) is 8.71. The summed E-state index contributed by atoms with van der Waals surface area (Å²) in [6.07, 6.45) is 4.73. The Hall–Kier alpha value is -5.38. The van der Waals surface area contributed by atoms with Gasteiger partial charge in [0, 0.05) is 55.3 Å². The number of methoxy groups -OCH3 is 1. The number of benzene rings is 1. The number of nitrogens with zero attached hydrogens (tertiary/aromatic N) is 4. The van der Waals surface area contributed by atoms with Gasteiger partial charge in [-0.3, -0.25) is 9.59 Å². The fraction of sp³-hybridized carbons (Fsp3) is 0.571. The molecule has 2 unspecified atom stereocenters. The van der Waals surface area contributed by atoms with Gasteiger partial charge in [-0.15, -0.1) is 11.7 Å². The number of carboxylic acid groups (broad SMARTS) is 1. The summed E-state index contributed by atoms with van der Waals surface area (Å²) < 4.78 is 25.1. The molecule has 1 saturated heterocycles. The Kier molecular flexibility index (Phi) is 11.3. The Balaban J connectivity index is 1.19. The third-order valence-electron chi connectivity index (χ3n) is 11.6. The van der Waals surface area contributed by atoms with Gasteiger partial charge in [0.25, 0.3) is 0 Å². The van der Waals surface area contributed by atoms with Gasteiger partial charge in [0.15, 0.2) is 5.82 Å². The van der Waals surface area contributed by atoms with Crippen LogP contribution in [0.25, 0.3) is 16.7 Å². The molecule has 3 aliphatic carbocycles. The molecule has 16 heteroatoms. The highest BCUT2D eigenvalue weighted by atomic mass is 16.6. The molecule has 3 saturated carbocycles. The van der Waals surface area contributed by atoms with Gasteiger partial charge in [0.1, 0.15) is 53.8 Å². The van der Waals surface area contributed by atoms with Crippen LogP contribution < -0.4 is 25.4 Å². The van der Waals surface area contributed by atoms with Crippen LogP contribution in [0, 0.1) is 23.2 Å². The molecule has 8 atom stereocenters. The average Bonchev–Trinajstić information content (AvgIpc) is 3.83. The lowest BCUT2D eigenvalue weighted by molar-refractivity contribution is -0.146. The number of ether oxygens (including phenoxy) is 4. The third-order valence-corrected chi connectivity index (χ3v) is 11.6. The van der Waals surface area contributed by atoms with E-state index in [-0.39, 0.29) is 31.5 Å². The van der Waals surface area contributed by atoms with Crippen molar-refractivity contribution in [2.45, 2.75) is 103 Å². The molecule has 2 aromatic heterocycles. The number of rotatable bonds is 16. The molecule has 4 aliphatic rings. The molecule has 7 rings (SSSR count). The van der Waals surface area contributed by atoms with Crippen LogP contribution in [0.5, 0.6) is 11.5 Å². The van der Waals surface area contributed by atoms with Crippen molar-refractivity contribution in [3.63, 3.8) is 0 Å². The van der Waals surface area contributed by atoms with E-state index in [1.807, 2.05) is 46.8 Å². The van der Waals surface area contributed by atoms with Gasteiger partial charge in [-0.25, -0.2) is 19.3 Å². The lowest BCUT2D eigenvalue weighted by Crippen LogP contribution is -2.59. The van der Waals surface area contributed by atoms with Crippen molar-refractivity contribution in [3.8, 4) is 17.3 Å². The minimum absolute atomic E-state index is 0.0290. The van der Waals surface area contributed by atoms with Gasteiger partial charge in [0.2, 0.25) is 11.8 Å². The number of pyridine rings is 1. The van der Waals surface area contributed by atoms with E-state index >= 15 is 0 Å². The maximum Gasteiger partial charge on any atom is 0.408 e. The van der Waals surface area contributed by atoms with Crippen molar-refractivity contribution in [1.82, 2.24) is 30.3 Å². The molecule has 1 aromatic carbocycles. The monoisotopic (exact) mass is 801 g/mol. The SMILES string of the molecule is C=C[C@@H]1C[C@]1(NC(=O)[C@@H]1C[C@@H](Oc2cc(-n3ccc(NC(C)C)n3)nc3cc(OCCOC)ccc23)CN1C(=O)C(NC(=O)OC1C[C@@H]2C[C@@H]2C1)C(C)(C)C)C(=O)O. The van der Waals surface area contributed by atoms with Crippen molar-refractivity contribution in [3.05, 3.63) is 49.2 Å². The summed E-state index contributed by atoms with van der Waals surface area (Å²) in [7, 11) is 1.60. The zero-order valence-corrected chi connectivity index (χ0v) is 34.0. The average molecular weight is 802 g/mol. The van der Waals surface area contributed by atoms with Crippen LogP contribution in [0.2, 0.25) is 0 Å². The summed E-state index contributed by atoms with van der Waals surface area (Å²) in [5, 5.41) is 24.3. The maximum absolute atomic E-state index is 14.7. The molecule has 0 bridgehead atoms. The number of hydrogen-bond donors (Lipinski definition) is 4. The zero-order chi connectivity index (χ0) is 41.5. The fourth-order valence-corrected chi connectivity index (χ4v) is 8.28. The van der Waals surface area contributed by atoms with Crippen LogP contribution >= 0.6 is 0 Å². The molecule has 3 amide bonds. The van der Waals surface area contributed by atoms with Gasteiger partial charge >= 0.3 is 12.1 Å². The molecule has 4 fully saturated rings. The molecule has 58 heavy (non-hydrogen) atoms. The minimum Gasteiger partial charge on any atom is -0.491 e. The van der Waals surface area contributed by atoms with Crippen molar-refractivity contribution in [1.29, 1.82) is 0 Å². The number of hydrogen-bond acceptors (Lipinski definition) is 11. The zero-order valence-electron chi connectivity index (χ0n) is 34.0. The highest BCUT2D eigenvalue weighted by Gasteiger charge is 2.61. The number of carbonyl (C=O) groups excluding carboxylic acids is 3. The summed E-state index contributed by atoms with van der Waals surface area (Å²) >= 11 is 0.